The van der Waals surface area contributed by atoms with E-state index >= 15 is 0 Å². The van der Waals surface area contributed by atoms with Crippen molar-refractivity contribution < 1.29 is 14.7 Å². The van der Waals surface area contributed by atoms with Gasteiger partial charge in [0.25, 0.3) is 11.7 Å². The highest BCUT2D eigenvalue weighted by Gasteiger charge is 2.49. The van der Waals surface area contributed by atoms with Crippen molar-refractivity contribution >= 4 is 35.5 Å². The molecule has 2 aromatic rings. The lowest BCUT2D eigenvalue weighted by molar-refractivity contribution is -0.141. The molecule has 1 atom stereocenters. The minimum absolute atomic E-state index is 0.0436. The molecule has 1 fully saturated rings. The number of aryl methyl sites for hydroxylation is 2. The molecule has 2 aromatic heterocycles. The molecule has 5 rings (SSSR count). The number of carboxylic acids is 1. The Bertz CT molecular complexity index is 969. The number of rotatable bonds is 2. The molecule has 5 heterocycles. The number of thioether (sulfide) groups is 1. The molecule has 1 amide bonds. The highest BCUT2D eigenvalue weighted by Crippen LogP contribution is 2.45. The Labute approximate surface area is 140 Å². The molecule has 122 valence electrons. The Morgan fingerprint density at radius 2 is 2.25 bits per heavy atom. The molecular weight excluding hydrogens is 330 g/mol. The van der Waals surface area contributed by atoms with Crippen LogP contribution in [0, 0.1) is 0 Å². The number of hydrogen-bond donors (Lipinski definition) is 1. The molecule has 3 aliphatic rings. The second-order valence-electron chi connectivity index (χ2n) is 5.99. The van der Waals surface area contributed by atoms with Gasteiger partial charge in [-0.15, -0.1) is 11.8 Å². The average Bonchev–Trinajstić information content (AvgIpc) is 3.22. The second kappa shape index (κ2) is 4.73. The first-order valence-corrected chi connectivity index (χ1v) is 8.66. The third-order valence-electron chi connectivity index (χ3n) is 4.55. The molecule has 0 spiro atoms. The Balaban J connectivity index is 1.47. The summed E-state index contributed by atoms with van der Waals surface area (Å²) >= 11 is 1.33. The maximum absolute atomic E-state index is 12.2. The molecule has 0 saturated carbocycles. The number of aromatic nitrogens is 4. The summed E-state index contributed by atoms with van der Waals surface area (Å²) in [4.78, 5) is 33.7. The molecule has 1 saturated heterocycles. The lowest BCUT2D eigenvalue weighted by Crippen LogP contribution is -2.51. The van der Waals surface area contributed by atoms with Gasteiger partial charge in [0.1, 0.15) is 16.9 Å². The Kier molecular flexibility index (Phi) is 2.73. The lowest BCUT2D eigenvalue weighted by atomic mass is 10.0. The predicted octanol–water partition coefficient (Wildman–Crippen LogP) is 1.09. The van der Waals surface area contributed by atoms with Gasteiger partial charge >= 0.3 is 5.97 Å². The van der Waals surface area contributed by atoms with Crippen LogP contribution in [0.2, 0.25) is 0 Å². The number of carbonyl (C=O) groups is 2. The standard InChI is InChI=1S/C15H13N5O3S/c21-12-9(13-20(12)10(7-24-13)14(22)23)5-8-6-19-15(16-8)17-11-3-1-2-4-18(11)19/h5-7,13H,1-4H2,(H,22,23)/b9-5-. The van der Waals surface area contributed by atoms with Crippen LogP contribution in [0.5, 0.6) is 0 Å². The molecule has 0 aliphatic carbocycles. The number of nitrogens with zero attached hydrogens (tertiary/aromatic N) is 5. The van der Waals surface area contributed by atoms with E-state index in [9.17, 15) is 9.59 Å². The number of fused-ring (bicyclic) bond motifs is 4. The number of aliphatic carboxylic acids is 1. The van der Waals surface area contributed by atoms with Crippen LogP contribution in [-0.4, -0.2) is 46.4 Å². The summed E-state index contributed by atoms with van der Waals surface area (Å²) in [6.45, 7) is 0.926. The highest BCUT2D eigenvalue weighted by atomic mass is 32.2. The van der Waals surface area contributed by atoms with E-state index in [4.69, 9.17) is 5.11 Å². The lowest BCUT2D eigenvalue weighted by Gasteiger charge is -2.36. The van der Waals surface area contributed by atoms with Crippen LogP contribution in [-0.2, 0) is 22.6 Å². The number of amides is 1. The Morgan fingerprint density at radius 1 is 1.38 bits per heavy atom. The summed E-state index contributed by atoms with van der Waals surface area (Å²) in [5.74, 6) is 0.348. The number of imidazole rings is 1. The average molecular weight is 343 g/mol. The zero-order valence-corrected chi connectivity index (χ0v) is 13.4. The summed E-state index contributed by atoms with van der Waals surface area (Å²) < 4.78 is 4.06. The summed E-state index contributed by atoms with van der Waals surface area (Å²) in [7, 11) is 0. The van der Waals surface area contributed by atoms with Crippen LogP contribution in [0.3, 0.4) is 0 Å². The van der Waals surface area contributed by atoms with E-state index in [1.807, 2.05) is 10.7 Å². The van der Waals surface area contributed by atoms with Crippen molar-refractivity contribution in [1.29, 1.82) is 0 Å². The van der Waals surface area contributed by atoms with Crippen LogP contribution in [0.1, 0.15) is 24.4 Å². The van der Waals surface area contributed by atoms with Gasteiger partial charge in [0.05, 0.1) is 17.5 Å². The first-order chi connectivity index (χ1) is 11.6. The predicted molar refractivity (Wildman–Crippen MR) is 85.8 cm³/mol. The topological polar surface area (TPSA) is 92.7 Å². The van der Waals surface area contributed by atoms with Crippen LogP contribution in [0.25, 0.3) is 11.9 Å². The van der Waals surface area contributed by atoms with E-state index < -0.39 is 5.97 Å². The fourth-order valence-electron chi connectivity index (χ4n) is 3.39. The van der Waals surface area contributed by atoms with Crippen molar-refractivity contribution in [2.24, 2.45) is 0 Å². The second-order valence-corrected chi connectivity index (χ2v) is 6.94. The van der Waals surface area contributed by atoms with Crippen molar-refractivity contribution in [3.63, 3.8) is 0 Å². The molecule has 9 heteroatoms. The summed E-state index contributed by atoms with van der Waals surface area (Å²) in [6.07, 6.45) is 6.86. The maximum atomic E-state index is 12.2. The Hall–Kier alpha value is -2.55. The molecule has 24 heavy (non-hydrogen) atoms. The molecule has 0 aromatic carbocycles. The summed E-state index contributed by atoms with van der Waals surface area (Å²) in [5.41, 5.74) is 1.29. The van der Waals surface area contributed by atoms with E-state index in [1.165, 1.54) is 22.1 Å². The quantitative estimate of drug-likeness (QED) is 0.648. The third-order valence-corrected chi connectivity index (χ3v) is 5.63. The largest absolute Gasteiger partial charge is 0.477 e. The van der Waals surface area contributed by atoms with Gasteiger partial charge in [0, 0.05) is 18.4 Å². The summed E-state index contributed by atoms with van der Waals surface area (Å²) in [6, 6.07) is 0. The normalized spacial score (nSPS) is 24.1. The fraction of sp³-hybridized carbons (Fsp3) is 0.333. The van der Waals surface area contributed by atoms with Gasteiger partial charge in [0.15, 0.2) is 0 Å². The van der Waals surface area contributed by atoms with Gasteiger partial charge in [-0.3, -0.25) is 14.4 Å². The molecular formula is C15H13N5O3S. The van der Waals surface area contributed by atoms with Gasteiger partial charge < -0.3 is 5.11 Å². The first-order valence-electron chi connectivity index (χ1n) is 7.72. The van der Waals surface area contributed by atoms with E-state index in [2.05, 4.69) is 14.6 Å². The SMILES string of the molecule is O=C(O)C1=CSC2/C(=C\c3cn4c(n3)nc3n4CCCC3)C(=O)N12. The number of carbonyl (C=O) groups excluding carboxylic acids is 1. The van der Waals surface area contributed by atoms with Crippen molar-refractivity contribution in [1.82, 2.24) is 24.1 Å². The van der Waals surface area contributed by atoms with Gasteiger partial charge in [-0.2, -0.15) is 4.98 Å². The third kappa shape index (κ3) is 1.75. The van der Waals surface area contributed by atoms with Gasteiger partial charge in [0.2, 0.25) is 0 Å². The van der Waals surface area contributed by atoms with E-state index in [-0.39, 0.29) is 17.0 Å². The zero-order valence-electron chi connectivity index (χ0n) is 12.5. The minimum atomic E-state index is -1.08. The van der Waals surface area contributed by atoms with Crippen LogP contribution < -0.4 is 0 Å². The molecule has 0 bridgehead atoms. The Morgan fingerprint density at radius 3 is 3.08 bits per heavy atom. The van der Waals surface area contributed by atoms with Crippen molar-refractivity contribution in [2.75, 3.05) is 0 Å². The molecule has 8 nitrogen and oxygen atoms in total. The fourth-order valence-corrected chi connectivity index (χ4v) is 4.51. The molecule has 1 N–H and O–H groups in total. The van der Waals surface area contributed by atoms with Gasteiger partial charge in [-0.25, -0.2) is 14.3 Å². The molecule has 1 unspecified atom stereocenters. The first kappa shape index (κ1) is 13.8. The minimum Gasteiger partial charge on any atom is -0.477 e. The maximum Gasteiger partial charge on any atom is 0.353 e. The van der Waals surface area contributed by atoms with Crippen LogP contribution in [0.15, 0.2) is 22.9 Å². The van der Waals surface area contributed by atoms with Crippen molar-refractivity contribution in [3.05, 3.63) is 34.4 Å². The number of hydrogen-bond acceptors (Lipinski definition) is 5. The van der Waals surface area contributed by atoms with E-state index in [0.717, 1.165) is 31.6 Å². The van der Waals surface area contributed by atoms with Gasteiger partial charge in [-0.05, 0) is 18.9 Å². The van der Waals surface area contributed by atoms with E-state index in [1.54, 1.807) is 6.08 Å². The number of β-lactam (4-membered cyclic amide) rings is 1. The van der Waals surface area contributed by atoms with Crippen molar-refractivity contribution in [3.8, 4) is 0 Å². The van der Waals surface area contributed by atoms with Crippen LogP contribution >= 0.6 is 11.8 Å². The zero-order chi connectivity index (χ0) is 16.4. The smallest absolute Gasteiger partial charge is 0.353 e. The monoisotopic (exact) mass is 343 g/mol. The van der Waals surface area contributed by atoms with Gasteiger partial charge in [-0.1, -0.05) is 0 Å². The van der Waals surface area contributed by atoms with Crippen molar-refractivity contribution in [2.45, 2.75) is 31.2 Å². The van der Waals surface area contributed by atoms with E-state index in [0.29, 0.717) is 17.0 Å². The molecule has 3 aliphatic heterocycles. The molecule has 0 radical (unpaired) electrons. The number of carboxylic acid groups (broad SMARTS) is 1. The van der Waals surface area contributed by atoms with Crippen LogP contribution in [0.4, 0.5) is 0 Å². The summed E-state index contributed by atoms with van der Waals surface area (Å²) in [5, 5.41) is 10.3. The highest BCUT2D eigenvalue weighted by molar-refractivity contribution is 8.03.